The number of nitrogens with two attached hydrogens (primary N) is 1. The molecule has 0 bridgehead atoms. The molecule has 0 spiro atoms. The Kier molecular flexibility index (Phi) is 6.35. The Bertz CT molecular complexity index is 308. The predicted molar refractivity (Wildman–Crippen MR) is 66.8 cm³/mol. The number of piperidine rings is 1. The molecule has 0 aromatic carbocycles. The molecule has 102 valence electrons. The van der Waals surface area contributed by atoms with Crippen LogP contribution in [0, 0.1) is 0 Å². The summed E-state index contributed by atoms with van der Waals surface area (Å²) in [6.45, 7) is 4.12. The summed E-state index contributed by atoms with van der Waals surface area (Å²) in [4.78, 5) is 0. The van der Waals surface area contributed by atoms with Gasteiger partial charge in [0.2, 0.25) is 0 Å². The van der Waals surface area contributed by atoms with E-state index in [1.165, 1.54) is 4.31 Å². The van der Waals surface area contributed by atoms with Gasteiger partial charge in [-0.1, -0.05) is 6.42 Å². The third-order valence-electron chi connectivity index (χ3n) is 2.89. The maximum absolute atomic E-state index is 12.0. The number of hydrogen-bond acceptors (Lipinski definition) is 4. The van der Waals surface area contributed by atoms with Crippen LogP contribution in [0.25, 0.3) is 0 Å². The molecule has 1 aliphatic rings. The summed E-state index contributed by atoms with van der Waals surface area (Å²) in [5.74, 6) is 0. The number of ether oxygens (including phenoxy) is 1. The number of nitrogens with zero attached hydrogens (tertiary/aromatic N) is 1. The number of rotatable bonds is 7. The fourth-order valence-electron chi connectivity index (χ4n) is 2.00. The lowest BCUT2D eigenvalue weighted by Crippen LogP contribution is -2.52. The van der Waals surface area contributed by atoms with E-state index in [4.69, 9.17) is 10.5 Å². The van der Waals surface area contributed by atoms with Gasteiger partial charge in [-0.3, -0.25) is 0 Å². The molecule has 3 N–H and O–H groups in total. The SMILES string of the molecule is CCOCCNS(=O)(=O)N1CCCCC1CN. The highest BCUT2D eigenvalue weighted by molar-refractivity contribution is 7.87. The average molecular weight is 265 g/mol. The fraction of sp³-hybridized carbons (Fsp3) is 1.00. The molecule has 0 aromatic rings. The average Bonchev–Trinajstić information content (AvgIpc) is 2.34. The van der Waals surface area contributed by atoms with Crippen molar-refractivity contribution in [1.29, 1.82) is 0 Å². The molecule has 0 aliphatic carbocycles. The first-order valence-corrected chi connectivity index (χ1v) is 7.60. The molecule has 6 nitrogen and oxygen atoms in total. The third-order valence-corrected chi connectivity index (χ3v) is 4.56. The van der Waals surface area contributed by atoms with E-state index < -0.39 is 10.2 Å². The molecule has 1 rings (SSSR count). The predicted octanol–water partition coefficient (Wildman–Crippen LogP) is -0.329. The molecule has 0 aromatic heterocycles. The molecule has 1 saturated heterocycles. The van der Waals surface area contributed by atoms with E-state index in [9.17, 15) is 8.42 Å². The molecule has 17 heavy (non-hydrogen) atoms. The van der Waals surface area contributed by atoms with E-state index >= 15 is 0 Å². The van der Waals surface area contributed by atoms with Crippen LogP contribution < -0.4 is 10.5 Å². The number of hydrogen-bond donors (Lipinski definition) is 2. The Morgan fingerprint density at radius 2 is 2.24 bits per heavy atom. The van der Waals surface area contributed by atoms with Crippen molar-refractivity contribution in [3.8, 4) is 0 Å². The van der Waals surface area contributed by atoms with Crippen LogP contribution in [0.15, 0.2) is 0 Å². The second-order valence-corrected chi connectivity index (χ2v) is 5.80. The smallest absolute Gasteiger partial charge is 0.279 e. The van der Waals surface area contributed by atoms with Gasteiger partial charge in [0.25, 0.3) is 10.2 Å². The third kappa shape index (κ3) is 4.51. The molecule has 1 aliphatic heterocycles. The normalized spacial score (nSPS) is 22.8. The summed E-state index contributed by atoms with van der Waals surface area (Å²) in [7, 11) is -3.40. The van der Waals surface area contributed by atoms with E-state index in [0.717, 1.165) is 19.3 Å². The quantitative estimate of drug-likeness (QED) is 0.617. The molecule has 7 heteroatoms. The van der Waals surface area contributed by atoms with Gasteiger partial charge in [0, 0.05) is 32.3 Å². The van der Waals surface area contributed by atoms with Crippen LogP contribution in [0.2, 0.25) is 0 Å². The van der Waals surface area contributed by atoms with E-state index in [-0.39, 0.29) is 6.04 Å². The Morgan fingerprint density at radius 3 is 2.88 bits per heavy atom. The summed E-state index contributed by atoms with van der Waals surface area (Å²) in [6, 6.07) is -0.0617. The minimum absolute atomic E-state index is 0.0617. The highest BCUT2D eigenvalue weighted by atomic mass is 32.2. The minimum atomic E-state index is -3.40. The highest BCUT2D eigenvalue weighted by Crippen LogP contribution is 2.18. The van der Waals surface area contributed by atoms with Crippen LogP contribution in [0.3, 0.4) is 0 Å². The molecule has 1 heterocycles. The van der Waals surface area contributed by atoms with Gasteiger partial charge in [-0.2, -0.15) is 17.4 Å². The van der Waals surface area contributed by atoms with Crippen LogP contribution >= 0.6 is 0 Å². The Labute approximate surface area is 104 Å². The van der Waals surface area contributed by atoms with Gasteiger partial charge in [-0.05, 0) is 19.8 Å². The van der Waals surface area contributed by atoms with Crippen LogP contribution in [-0.2, 0) is 14.9 Å². The van der Waals surface area contributed by atoms with Gasteiger partial charge in [0.05, 0.1) is 6.61 Å². The summed E-state index contributed by atoms with van der Waals surface area (Å²) in [6.07, 6.45) is 2.80. The maximum Gasteiger partial charge on any atom is 0.279 e. The van der Waals surface area contributed by atoms with Crippen molar-refractivity contribution in [3.05, 3.63) is 0 Å². The standard InChI is InChI=1S/C10H23N3O3S/c1-2-16-8-6-12-17(14,15)13-7-4-3-5-10(13)9-11/h10,12H,2-9,11H2,1H3. The van der Waals surface area contributed by atoms with Gasteiger partial charge >= 0.3 is 0 Å². The first kappa shape index (κ1) is 14.8. The molecule has 0 radical (unpaired) electrons. The highest BCUT2D eigenvalue weighted by Gasteiger charge is 2.30. The van der Waals surface area contributed by atoms with Crippen LogP contribution in [0.1, 0.15) is 26.2 Å². The molecule has 1 unspecified atom stereocenters. The van der Waals surface area contributed by atoms with Gasteiger partial charge < -0.3 is 10.5 Å². The zero-order valence-electron chi connectivity index (χ0n) is 10.4. The van der Waals surface area contributed by atoms with Crippen molar-refractivity contribution in [1.82, 2.24) is 9.03 Å². The Hall–Kier alpha value is -0.210. The van der Waals surface area contributed by atoms with Gasteiger partial charge in [-0.15, -0.1) is 0 Å². The lowest BCUT2D eigenvalue weighted by atomic mass is 10.1. The van der Waals surface area contributed by atoms with E-state index in [0.29, 0.717) is 32.8 Å². The van der Waals surface area contributed by atoms with Crippen molar-refractivity contribution >= 4 is 10.2 Å². The largest absolute Gasteiger partial charge is 0.380 e. The van der Waals surface area contributed by atoms with Crippen molar-refractivity contribution in [2.75, 3.05) is 32.8 Å². The Morgan fingerprint density at radius 1 is 1.47 bits per heavy atom. The molecule has 1 atom stereocenters. The number of nitrogens with one attached hydrogen (secondary N) is 1. The topological polar surface area (TPSA) is 84.7 Å². The monoisotopic (exact) mass is 265 g/mol. The molecular weight excluding hydrogens is 242 g/mol. The van der Waals surface area contributed by atoms with Crippen molar-refractivity contribution in [2.45, 2.75) is 32.2 Å². The second-order valence-electron chi connectivity index (χ2n) is 4.09. The zero-order chi connectivity index (χ0) is 12.7. The van der Waals surface area contributed by atoms with E-state index in [2.05, 4.69) is 4.72 Å². The molecule has 0 saturated carbocycles. The molecule has 0 amide bonds. The van der Waals surface area contributed by atoms with Crippen LogP contribution in [0.4, 0.5) is 0 Å². The van der Waals surface area contributed by atoms with Gasteiger partial charge in [0.1, 0.15) is 0 Å². The van der Waals surface area contributed by atoms with Crippen molar-refractivity contribution < 1.29 is 13.2 Å². The van der Waals surface area contributed by atoms with E-state index in [1.807, 2.05) is 6.92 Å². The maximum atomic E-state index is 12.0. The molecular formula is C10H23N3O3S. The van der Waals surface area contributed by atoms with Crippen LogP contribution in [0.5, 0.6) is 0 Å². The molecule has 1 fully saturated rings. The summed E-state index contributed by atoms with van der Waals surface area (Å²) >= 11 is 0. The van der Waals surface area contributed by atoms with Gasteiger partial charge in [-0.25, -0.2) is 0 Å². The first-order valence-electron chi connectivity index (χ1n) is 6.16. The lowest BCUT2D eigenvalue weighted by Gasteiger charge is -2.33. The second kappa shape index (κ2) is 7.27. The van der Waals surface area contributed by atoms with Crippen molar-refractivity contribution in [2.24, 2.45) is 5.73 Å². The van der Waals surface area contributed by atoms with Crippen molar-refractivity contribution in [3.63, 3.8) is 0 Å². The minimum Gasteiger partial charge on any atom is -0.380 e. The fourth-order valence-corrected chi connectivity index (χ4v) is 3.46. The zero-order valence-corrected chi connectivity index (χ0v) is 11.2. The Balaban J connectivity index is 2.49. The van der Waals surface area contributed by atoms with Gasteiger partial charge in [0.15, 0.2) is 0 Å². The lowest BCUT2D eigenvalue weighted by molar-refractivity contribution is 0.152. The summed E-state index contributed by atoms with van der Waals surface area (Å²) in [5.41, 5.74) is 5.61. The first-order chi connectivity index (χ1) is 8.11. The summed E-state index contributed by atoms with van der Waals surface area (Å²) < 4.78 is 33.2. The summed E-state index contributed by atoms with van der Waals surface area (Å²) in [5, 5.41) is 0. The van der Waals surface area contributed by atoms with E-state index in [1.54, 1.807) is 0 Å². The van der Waals surface area contributed by atoms with Crippen LogP contribution in [-0.4, -0.2) is 51.6 Å².